The summed E-state index contributed by atoms with van der Waals surface area (Å²) in [6, 6.07) is 9.63. The summed E-state index contributed by atoms with van der Waals surface area (Å²) in [5.74, 6) is -5.69. The molecule has 2 N–H and O–H groups in total. The minimum Gasteiger partial charge on any atom is -0.456 e. The van der Waals surface area contributed by atoms with E-state index in [2.05, 4.69) is 15.6 Å². The Hall–Kier alpha value is -3.91. The standard InChI is InChI=1S/C27H36F2N4O8/c1-4-5-9-17-40-26(37)32-21-14-16-33(25(36)31-21)24(39-3)27(28,29)20(15-18-38-2)41-23(35)13-12-22(34)30-19-10-7-6-8-11-19/h6-8,10-11,14,16,20,24H,4-5,9,12-13,15,17-18H2,1-3H3,(H,30,34)(H,31,32,36,37)/t20-,24-/m1/s1. The van der Waals surface area contributed by atoms with Gasteiger partial charge in [-0.2, -0.15) is 13.8 Å². The first-order chi connectivity index (χ1) is 19.6. The number of methoxy groups -OCH3 is 2. The van der Waals surface area contributed by atoms with Crippen LogP contribution in [0.5, 0.6) is 0 Å². The van der Waals surface area contributed by atoms with Crippen LogP contribution in [-0.4, -0.2) is 67.0 Å². The SMILES string of the molecule is CCCCCOC(=O)Nc1ccn([C@H](OC)C(F)(F)[C@@H](CCOC)OC(=O)CCC(=O)Nc2ccccc2)c(=O)n1. The van der Waals surface area contributed by atoms with Gasteiger partial charge in [0.15, 0.2) is 6.10 Å². The summed E-state index contributed by atoms with van der Waals surface area (Å²) in [4.78, 5) is 52.7. The highest BCUT2D eigenvalue weighted by atomic mass is 19.3. The van der Waals surface area contributed by atoms with Crippen molar-refractivity contribution in [3.05, 3.63) is 53.1 Å². The number of para-hydroxylation sites is 1. The molecule has 12 nitrogen and oxygen atoms in total. The highest BCUT2D eigenvalue weighted by molar-refractivity contribution is 5.92. The van der Waals surface area contributed by atoms with Gasteiger partial charge in [-0.25, -0.2) is 9.59 Å². The van der Waals surface area contributed by atoms with Crippen LogP contribution in [0.3, 0.4) is 0 Å². The van der Waals surface area contributed by atoms with Gasteiger partial charge in [-0.05, 0) is 24.6 Å². The van der Waals surface area contributed by atoms with Gasteiger partial charge < -0.3 is 24.3 Å². The summed E-state index contributed by atoms with van der Waals surface area (Å²) < 4.78 is 51.8. The highest BCUT2D eigenvalue weighted by Crippen LogP contribution is 2.36. The Morgan fingerprint density at radius 2 is 1.76 bits per heavy atom. The third kappa shape index (κ3) is 10.9. The summed E-state index contributed by atoms with van der Waals surface area (Å²) in [6.07, 6.45) is -2.90. The summed E-state index contributed by atoms with van der Waals surface area (Å²) in [5, 5.41) is 4.85. The number of ether oxygens (including phenoxy) is 4. The third-order valence-corrected chi connectivity index (χ3v) is 5.75. The van der Waals surface area contributed by atoms with Crippen molar-refractivity contribution >= 4 is 29.5 Å². The fourth-order valence-corrected chi connectivity index (χ4v) is 3.67. The van der Waals surface area contributed by atoms with E-state index in [-0.39, 0.29) is 25.5 Å². The zero-order valence-corrected chi connectivity index (χ0v) is 23.3. The van der Waals surface area contributed by atoms with Crippen LogP contribution in [0.4, 0.5) is 25.1 Å². The number of aromatic nitrogens is 2. The van der Waals surface area contributed by atoms with E-state index in [1.807, 2.05) is 6.92 Å². The van der Waals surface area contributed by atoms with Crippen molar-refractivity contribution in [2.75, 3.05) is 38.1 Å². The molecule has 226 valence electrons. The molecule has 0 bridgehead atoms. The van der Waals surface area contributed by atoms with Gasteiger partial charge >= 0.3 is 23.7 Å². The smallest absolute Gasteiger partial charge is 0.412 e. The Bertz CT molecular complexity index is 1180. The van der Waals surface area contributed by atoms with Crippen LogP contribution in [0.1, 0.15) is 51.7 Å². The number of nitrogens with one attached hydrogen (secondary N) is 2. The summed E-state index contributed by atoms with van der Waals surface area (Å²) in [6.45, 7) is 1.97. The number of unbranched alkanes of at least 4 members (excludes halogenated alkanes) is 2. The second-order valence-electron chi connectivity index (χ2n) is 8.91. The number of nitrogens with zero attached hydrogens (tertiary/aromatic N) is 2. The van der Waals surface area contributed by atoms with Gasteiger partial charge in [0, 0.05) is 45.6 Å². The van der Waals surface area contributed by atoms with Gasteiger partial charge in [0.25, 0.3) is 0 Å². The molecule has 1 heterocycles. The minimum absolute atomic E-state index is 0.175. The van der Waals surface area contributed by atoms with Gasteiger partial charge in [-0.3, -0.25) is 19.5 Å². The van der Waals surface area contributed by atoms with Crippen LogP contribution in [0.15, 0.2) is 47.4 Å². The molecule has 1 aromatic carbocycles. The Labute approximate surface area is 236 Å². The van der Waals surface area contributed by atoms with Crippen LogP contribution in [-0.2, 0) is 28.5 Å². The fourth-order valence-electron chi connectivity index (χ4n) is 3.67. The van der Waals surface area contributed by atoms with E-state index in [1.54, 1.807) is 30.3 Å². The van der Waals surface area contributed by atoms with E-state index < -0.39 is 54.8 Å². The van der Waals surface area contributed by atoms with Crippen LogP contribution >= 0.6 is 0 Å². The van der Waals surface area contributed by atoms with Crippen LogP contribution in [0, 0.1) is 0 Å². The van der Waals surface area contributed by atoms with E-state index in [4.69, 9.17) is 18.9 Å². The van der Waals surface area contributed by atoms with Gasteiger partial charge in [0.1, 0.15) is 5.82 Å². The number of anilines is 2. The van der Waals surface area contributed by atoms with E-state index >= 15 is 8.78 Å². The first kappa shape index (κ1) is 33.3. The van der Waals surface area contributed by atoms with E-state index in [0.29, 0.717) is 16.7 Å². The van der Waals surface area contributed by atoms with Gasteiger partial charge in [-0.1, -0.05) is 38.0 Å². The average molecular weight is 583 g/mol. The quantitative estimate of drug-likeness (QED) is 0.208. The molecule has 1 aromatic heterocycles. The Morgan fingerprint density at radius 1 is 1.02 bits per heavy atom. The van der Waals surface area contributed by atoms with Crippen molar-refractivity contribution in [3.63, 3.8) is 0 Å². The number of carbonyl (C=O) groups excluding carboxylic acids is 3. The van der Waals surface area contributed by atoms with Crippen molar-refractivity contribution in [1.82, 2.24) is 9.55 Å². The molecule has 0 saturated carbocycles. The molecule has 0 spiro atoms. The first-order valence-corrected chi connectivity index (χ1v) is 13.1. The lowest BCUT2D eigenvalue weighted by Gasteiger charge is -2.32. The number of amides is 2. The van der Waals surface area contributed by atoms with E-state index in [1.165, 1.54) is 7.11 Å². The lowest BCUT2D eigenvalue weighted by atomic mass is 10.1. The van der Waals surface area contributed by atoms with Gasteiger partial charge in [0.05, 0.1) is 13.0 Å². The van der Waals surface area contributed by atoms with Gasteiger partial charge in [0.2, 0.25) is 12.1 Å². The normalized spacial score (nSPS) is 12.7. The Balaban J connectivity index is 2.09. The van der Waals surface area contributed by atoms with Crippen molar-refractivity contribution < 1.29 is 42.1 Å². The second-order valence-corrected chi connectivity index (χ2v) is 8.91. The number of halogens is 2. The molecule has 2 aromatic rings. The lowest BCUT2D eigenvalue weighted by Crippen LogP contribution is -2.48. The molecule has 2 atom stereocenters. The molecule has 14 heteroatoms. The number of alkyl halides is 2. The van der Waals surface area contributed by atoms with Crippen molar-refractivity contribution in [2.45, 2.75) is 63.7 Å². The maximum atomic E-state index is 15.7. The number of carbonyl (C=O) groups is 3. The molecule has 2 amide bonds. The maximum absolute atomic E-state index is 15.7. The Kier molecular flexibility index (Phi) is 13.8. The largest absolute Gasteiger partial charge is 0.456 e. The molecular formula is C27H36F2N4O8. The summed E-state index contributed by atoms with van der Waals surface area (Å²) in [7, 11) is 2.24. The number of rotatable bonds is 17. The monoisotopic (exact) mass is 582 g/mol. The predicted octanol–water partition coefficient (Wildman–Crippen LogP) is 4.13. The molecule has 0 aliphatic carbocycles. The first-order valence-electron chi connectivity index (χ1n) is 13.1. The average Bonchev–Trinajstić information content (AvgIpc) is 2.94. The Morgan fingerprint density at radius 3 is 2.39 bits per heavy atom. The molecule has 0 saturated heterocycles. The van der Waals surface area contributed by atoms with Crippen molar-refractivity contribution in [2.24, 2.45) is 0 Å². The molecule has 0 aliphatic heterocycles. The molecule has 0 aliphatic rings. The minimum atomic E-state index is -3.94. The third-order valence-electron chi connectivity index (χ3n) is 5.75. The van der Waals surface area contributed by atoms with E-state index in [0.717, 1.165) is 32.2 Å². The molecular weight excluding hydrogens is 546 g/mol. The number of benzene rings is 1. The lowest BCUT2D eigenvalue weighted by molar-refractivity contribution is -0.229. The maximum Gasteiger partial charge on any atom is 0.412 e. The highest BCUT2D eigenvalue weighted by Gasteiger charge is 2.51. The molecule has 0 fully saturated rings. The number of hydrogen-bond acceptors (Lipinski definition) is 9. The van der Waals surface area contributed by atoms with Crippen LogP contribution in [0.25, 0.3) is 0 Å². The predicted molar refractivity (Wildman–Crippen MR) is 145 cm³/mol. The molecule has 0 radical (unpaired) electrons. The summed E-state index contributed by atoms with van der Waals surface area (Å²) >= 11 is 0. The number of hydrogen-bond donors (Lipinski definition) is 2. The van der Waals surface area contributed by atoms with Gasteiger partial charge in [-0.15, -0.1) is 0 Å². The van der Waals surface area contributed by atoms with Crippen LogP contribution in [0.2, 0.25) is 0 Å². The molecule has 2 rings (SSSR count). The van der Waals surface area contributed by atoms with Crippen LogP contribution < -0.4 is 16.3 Å². The molecule has 41 heavy (non-hydrogen) atoms. The number of esters is 1. The topological polar surface area (TPSA) is 147 Å². The zero-order chi connectivity index (χ0) is 30.3. The van der Waals surface area contributed by atoms with Crippen molar-refractivity contribution in [1.29, 1.82) is 0 Å². The zero-order valence-electron chi connectivity index (χ0n) is 23.3. The van der Waals surface area contributed by atoms with E-state index in [9.17, 15) is 19.2 Å². The summed E-state index contributed by atoms with van der Waals surface area (Å²) in [5.41, 5.74) is -0.642. The second kappa shape index (κ2) is 17.0. The fraction of sp³-hybridized carbons (Fsp3) is 0.519. The molecule has 0 unspecified atom stereocenters. The van der Waals surface area contributed by atoms with Crippen molar-refractivity contribution in [3.8, 4) is 0 Å².